The van der Waals surface area contributed by atoms with Gasteiger partial charge >= 0.3 is 0 Å². The number of rotatable bonds is 5. The molecule has 1 aliphatic carbocycles. The van der Waals surface area contributed by atoms with Crippen LogP contribution in [0.2, 0.25) is 0 Å². The molecule has 1 aromatic rings. The molecule has 0 aromatic heterocycles. The van der Waals surface area contributed by atoms with Crippen molar-refractivity contribution in [3.05, 3.63) is 29.8 Å². The van der Waals surface area contributed by atoms with Crippen LogP contribution in [0.25, 0.3) is 0 Å². The summed E-state index contributed by atoms with van der Waals surface area (Å²) in [7, 11) is 2.14. The molecular weight excluding hydrogens is 246 g/mol. The van der Waals surface area contributed by atoms with Crippen LogP contribution in [0.15, 0.2) is 24.3 Å². The van der Waals surface area contributed by atoms with Gasteiger partial charge in [0.2, 0.25) is 0 Å². The van der Waals surface area contributed by atoms with Crippen LogP contribution in [0.5, 0.6) is 0 Å². The molecule has 0 aliphatic heterocycles. The molecule has 2 heteroatoms. The SMILES string of the molecule is CCc1ccc(N(C)CC2CC(CC)CCC2O)cc1. The highest BCUT2D eigenvalue weighted by atomic mass is 16.3. The summed E-state index contributed by atoms with van der Waals surface area (Å²) in [5.41, 5.74) is 2.64. The lowest BCUT2D eigenvalue weighted by atomic mass is 9.78. The number of nitrogens with zero attached hydrogens (tertiary/aromatic N) is 1. The molecule has 2 nitrogen and oxygen atoms in total. The van der Waals surface area contributed by atoms with Crippen LogP contribution in [0, 0.1) is 11.8 Å². The van der Waals surface area contributed by atoms with E-state index in [1.165, 1.54) is 30.5 Å². The van der Waals surface area contributed by atoms with Gasteiger partial charge in [0.15, 0.2) is 0 Å². The van der Waals surface area contributed by atoms with Crippen LogP contribution in [-0.2, 0) is 6.42 Å². The highest BCUT2D eigenvalue weighted by molar-refractivity contribution is 5.46. The van der Waals surface area contributed by atoms with Crippen molar-refractivity contribution < 1.29 is 5.11 Å². The van der Waals surface area contributed by atoms with Crippen molar-refractivity contribution in [1.82, 2.24) is 0 Å². The molecule has 0 spiro atoms. The van der Waals surface area contributed by atoms with Crippen LogP contribution in [-0.4, -0.2) is 24.8 Å². The third-order valence-corrected chi connectivity index (χ3v) is 4.92. The quantitative estimate of drug-likeness (QED) is 0.881. The van der Waals surface area contributed by atoms with Crippen molar-refractivity contribution in [2.45, 2.75) is 52.1 Å². The first-order valence-electron chi connectivity index (χ1n) is 8.12. The average molecular weight is 275 g/mol. The minimum Gasteiger partial charge on any atom is -0.393 e. The molecule has 1 fully saturated rings. The summed E-state index contributed by atoms with van der Waals surface area (Å²) in [6.45, 7) is 5.41. The van der Waals surface area contributed by atoms with Crippen LogP contribution >= 0.6 is 0 Å². The lowest BCUT2D eigenvalue weighted by Crippen LogP contribution is -2.37. The molecule has 0 radical (unpaired) electrons. The van der Waals surface area contributed by atoms with Crippen LogP contribution in [0.4, 0.5) is 5.69 Å². The van der Waals surface area contributed by atoms with E-state index in [1.54, 1.807) is 0 Å². The third kappa shape index (κ3) is 3.76. The summed E-state index contributed by atoms with van der Waals surface area (Å²) in [6, 6.07) is 8.81. The zero-order valence-electron chi connectivity index (χ0n) is 13.2. The monoisotopic (exact) mass is 275 g/mol. The largest absolute Gasteiger partial charge is 0.393 e. The molecule has 0 amide bonds. The Kier molecular flexibility index (Phi) is 5.47. The predicted octanol–water partition coefficient (Wildman–Crippen LogP) is 3.87. The number of benzene rings is 1. The van der Waals surface area contributed by atoms with Crippen molar-refractivity contribution in [1.29, 1.82) is 0 Å². The minimum atomic E-state index is -0.116. The fourth-order valence-electron chi connectivity index (χ4n) is 3.36. The average Bonchev–Trinajstić information content (AvgIpc) is 2.49. The van der Waals surface area contributed by atoms with Crippen molar-refractivity contribution in [2.75, 3.05) is 18.5 Å². The topological polar surface area (TPSA) is 23.5 Å². The first-order chi connectivity index (χ1) is 9.63. The van der Waals surface area contributed by atoms with E-state index in [4.69, 9.17) is 0 Å². The molecule has 0 heterocycles. The maximum absolute atomic E-state index is 10.2. The van der Waals surface area contributed by atoms with E-state index in [0.29, 0.717) is 5.92 Å². The normalized spacial score (nSPS) is 26.5. The maximum Gasteiger partial charge on any atom is 0.0585 e. The van der Waals surface area contributed by atoms with Crippen molar-refractivity contribution in [2.24, 2.45) is 11.8 Å². The van der Waals surface area contributed by atoms with E-state index >= 15 is 0 Å². The van der Waals surface area contributed by atoms with Crippen molar-refractivity contribution >= 4 is 5.69 Å². The van der Waals surface area contributed by atoms with Gasteiger partial charge in [0.25, 0.3) is 0 Å². The van der Waals surface area contributed by atoms with Crippen molar-refractivity contribution in [3.8, 4) is 0 Å². The Bertz CT molecular complexity index is 400. The number of anilines is 1. The molecule has 1 aromatic carbocycles. The van der Waals surface area contributed by atoms with Crippen LogP contribution in [0.3, 0.4) is 0 Å². The second-order valence-corrected chi connectivity index (χ2v) is 6.32. The molecule has 20 heavy (non-hydrogen) atoms. The summed E-state index contributed by atoms with van der Waals surface area (Å²) >= 11 is 0. The molecule has 0 bridgehead atoms. The summed E-state index contributed by atoms with van der Waals surface area (Å²) in [5.74, 6) is 1.23. The highest BCUT2D eigenvalue weighted by Crippen LogP contribution is 2.32. The molecule has 1 saturated carbocycles. The second-order valence-electron chi connectivity index (χ2n) is 6.32. The summed E-state index contributed by atoms with van der Waals surface area (Å²) in [5, 5.41) is 10.2. The van der Waals surface area contributed by atoms with E-state index in [1.807, 2.05) is 0 Å². The molecule has 0 saturated heterocycles. The zero-order valence-corrected chi connectivity index (χ0v) is 13.2. The molecule has 2 rings (SSSR count). The van der Waals surface area contributed by atoms with Gasteiger partial charge in [-0.05, 0) is 49.3 Å². The number of hydrogen-bond donors (Lipinski definition) is 1. The van der Waals surface area contributed by atoms with Crippen LogP contribution in [0.1, 0.15) is 45.1 Å². The molecule has 1 aliphatic rings. The third-order valence-electron chi connectivity index (χ3n) is 4.92. The highest BCUT2D eigenvalue weighted by Gasteiger charge is 2.29. The smallest absolute Gasteiger partial charge is 0.0585 e. The van der Waals surface area contributed by atoms with Gasteiger partial charge in [-0.25, -0.2) is 0 Å². The molecule has 112 valence electrons. The fourth-order valence-corrected chi connectivity index (χ4v) is 3.36. The van der Waals surface area contributed by atoms with E-state index < -0.39 is 0 Å². The Morgan fingerprint density at radius 3 is 2.45 bits per heavy atom. The van der Waals surface area contributed by atoms with Gasteiger partial charge in [0.1, 0.15) is 0 Å². The van der Waals surface area contributed by atoms with E-state index in [0.717, 1.165) is 25.3 Å². The van der Waals surface area contributed by atoms with E-state index in [-0.39, 0.29) is 6.10 Å². The first kappa shape index (κ1) is 15.4. The number of aliphatic hydroxyl groups is 1. The Balaban J connectivity index is 1.96. The van der Waals surface area contributed by atoms with Gasteiger partial charge < -0.3 is 10.0 Å². The summed E-state index contributed by atoms with van der Waals surface area (Å²) < 4.78 is 0. The number of aryl methyl sites for hydroxylation is 1. The van der Waals surface area contributed by atoms with Gasteiger partial charge in [-0.15, -0.1) is 0 Å². The van der Waals surface area contributed by atoms with Gasteiger partial charge in [0, 0.05) is 25.2 Å². The van der Waals surface area contributed by atoms with Gasteiger partial charge in [-0.2, -0.15) is 0 Å². The Labute approximate surface area is 123 Å². The standard InChI is InChI=1S/C18H29NO/c1-4-14-6-9-17(10-7-14)19(3)13-16-12-15(5-2)8-11-18(16)20/h6-7,9-10,15-16,18,20H,4-5,8,11-13H2,1-3H3. The van der Waals surface area contributed by atoms with Crippen LogP contribution < -0.4 is 4.90 Å². The van der Waals surface area contributed by atoms with Gasteiger partial charge in [-0.3, -0.25) is 0 Å². The Morgan fingerprint density at radius 2 is 1.85 bits per heavy atom. The zero-order chi connectivity index (χ0) is 14.5. The number of aliphatic hydroxyl groups excluding tert-OH is 1. The summed E-state index contributed by atoms with van der Waals surface area (Å²) in [6.07, 6.45) is 5.57. The Hall–Kier alpha value is -1.02. The maximum atomic E-state index is 10.2. The fraction of sp³-hybridized carbons (Fsp3) is 0.667. The number of hydrogen-bond acceptors (Lipinski definition) is 2. The van der Waals surface area contributed by atoms with E-state index in [2.05, 4.69) is 50.1 Å². The van der Waals surface area contributed by atoms with Crippen molar-refractivity contribution in [3.63, 3.8) is 0 Å². The van der Waals surface area contributed by atoms with Gasteiger partial charge in [-0.1, -0.05) is 32.4 Å². The lowest BCUT2D eigenvalue weighted by molar-refractivity contribution is 0.0511. The van der Waals surface area contributed by atoms with E-state index in [9.17, 15) is 5.11 Å². The second kappa shape index (κ2) is 7.12. The molecule has 3 atom stereocenters. The molecule has 3 unspecified atom stereocenters. The molecule has 1 N–H and O–H groups in total. The summed E-state index contributed by atoms with van der Waals surface area (Å²) in [4.78, 5) is 2.30. The predicted molar refractivity (Wildman–Crippen MR) is 86.2 cm³/mol. The Morgan fingerprint density at radius 1 is 1.15 bits per heavy atom. The lowest BCUT2D eigenvalue weighted by Gasteiger charge is -2.36. The molecular formula is C18H29NO. The first-order valence-corrected chi connectivity index (χ1v) is 8.12. The van der Waals surface area contributed by atoms with Gasteiger partial charge in [0.05, 0.1) is 6.10 Å². The minimum absolute atomic E-state index is 0.116.